The lowest BCUT2D eigenvalue weighted by atomic mass is 9.75. The summed E-state index contributed by atoms with van der Waals surface area (Å²) in [4.78, 5) is 12.1. The number of benzene rings is 1. The fraction of sp³-hybridized carbons (Fsp3) is 0.708. The summed E-state index contributed by atoms with van der Waals surface area (Å²) in [5, 5.41) is 0. The predicted octanol–water partition coefficient (Wildman–Crippen LogP) is 5.90. The Bertz CT molecular complexity index is 836. The summed E-state index contributed by atoms with van der Waals surface area (Å²) in [5.74, 6) is -2.38. The van der Waals surface area contributed by atoms with Crippen molar-refractivity contribution in [2.75, 3.05) is 6.61 Å². The van der Waals surface area contributed by atoms with E-state index in [1.54, 1.807) is 19.1 Å². The van der Waals surface area contributed by atoms with Gasteiger partial charge in [0.25, 0.3) is 16.0 Å². The van der Waals surface area contributed by atoms with Crippen molar-refractivity contribution >= 4 is 16.1 Å². The van der Waals surface area contributed by atoms with Crippen molar-refractivity contribution in [2.45, 2.75) is 89.6 Å². The molecule has 1 aromatic carbocycles. The van der Waals surface area contributed by atoms with E-state index in [0.717, 1.165) is 24.8 Å². The molecule has 0 saturated heterocycles. The van der Waals surface area contributed by atoms with E-state index >= 15 is 0 Å². The lowest BCUT2D eigenvalue weighted by molar-refractivity contribution is -0.156. The zero-order valence-corrected chi connectivity index (χ0v) is 20.3. The monoisotopic (exact) mass is 474 g/mol. The van der Waals surface area contributed by atoms with Crippen LogP contribution < -0.4 is 0 Å². The second kappa shape index (κ2) is 11.5. The summed E-state index contributed by atoms with van der Waals surface area (Å²) in [6.45, 7) is 6.99. The van der Waals surface area contributed by atoms with Gasteiger partial charge in [0.15, 0.2) is 0 Å². The summed E-state index contributed by atoms with van der Waals surface area (Å²) >= 11 is 0. The van der Waals surface area contributed by atoms with Crippen LogP contribution in [0.2, 0.25) is 0 Å². The van der Waals surface area contributed by atoms with E-state index in [9.17, 15) is 22.0 Å². The minimum Gasteiger partial charge on any atom is -0.462 e. The van der Waals surface area contributed by atoms with Crippen LogP contribution >= 0.6 is 0 Å². The van der Waals surface area contributed by atoms with Crippen molar-refractivity contribution in [1.82, 2.24) is 0 Å². The zero-order valence-electron chi connectivity index (χ0n) is 19.5. The molecular weight excluding hydrogens is 438 g/mol. The summed E-state index contributed by atoms with van der Waals surface area (Å²) in [5.41, 5.74) is 0.852. The molecule has 1 saturated carbocycles. The minimum atomic E-state index is -4.24. The average Bonchev–Trinajstić information content (AvgIpc) is 2.70. The van der Waals surface area contributed by atoms with Crippen molar-refractivity contribution in [2.24, 2.45) is 17.8 Å². The molecule has 0 aliphatic heterocycles. The first-order valence-corrected chi connectivity index (χ1v) is 12.8. The highest BCUT2D eigenvalue weighted by atomic mass is 32.2. The average molecular weight is 475 g/mol. The van der Waals surface area contributed by atoms with Gasteiger partial charge in [0.1, 0.15) is 12.7 Å². The van der Waals surface area contributed by atoms with Gasteiger partial charge in [-0.3, -0.25) is 8.98 Å². The normalized spacial score (nSPS) is 22.2. The number of ether oxygens (including phenoxy) is 1. The van der Waals surface area contributed by atoms with Gasteiger partial charge in [-0.1, -0.05) is 44.9 Å². The van der Waals surface area contributed by atoms with E-state index in [1.807, 2.05) is 0 Å². The maximum atomic E-state index is 14.1. The molecule has 0 amide bonds. The largest absolute Gasteiger partial charge is 0.462 e. The van der Waals surface area contributed by atoms with Gasteiger partial charge in [-0.25, -0.2) is 8.78 Å². The van der Waals surface area contributed by atoms with Gasteiger partial charge >= 0.3 is 5.97 Å². The van der Waals surface area contributed by atoms with Gasteiger partial charge in [-0.05, 0) is 62.5 Å². The van der Waals surface area contributed by atoms with Crippen LogP contribution in [0.4, 0.5) is 8.78 Å². The third kappa shape index (κ3) is 8.43. The Morgan fingerprint density at radius 3 is 2.44 bits per heavy atom. The lowest BCUT2D eigenvalue weighted by Gasteiger charge is -2.36. The number of hydrogen-bond acceptors (Lipinski definition) is 5. The van der Waals surface area contributed by atoms with Crippen molar-refractivity contribution in [1.29, 1.82) is 0 Å². The van der Waals surface area contributed by atoms with Crippen LogP contribution in [0.15, 0.2) is 29.2 Å². The molecule has 1 fully saturated rings. The third-order valence-corrected chi connectivity index (χ3v) is 7.43. The first kappa shape index (κ1) is 26.7. The lowest BCUT2D eigenvalue weighted by Crippen LogP contribution is -2.35. The van der Waals surface area contributed by atoms with Crippen LogP contribution in [0, 0.1) is 24.7 Å². The Morgan fingerprint density at radius 2 is 1.81 bits per heavy atom. The molecule has 5 nitrogen and oxygen atoms in total. The molecule has 3 atom stereocenters. The van der Waals surface area contributed by atoms with Crippen LogP contribution in [0.5, 0.6) is 0 Å². The standard InChI is InChI=1S/C24H36F2O5S/c1-17(2)21-13-10-19(4)15-22(21)31-23(27)7-5-6-14-24(25,26)16-30-32(28,29)20-11-8-18(3)9-12-20/h8-9,11-12,17,19,21-22H,5-7,10,13-16H2,1-4H3/t19-,21+,22-/m1/s1. The number of halogens is 2. The second-order valence-electron chi connectivity index (χ2n) is 9.45. The molecule has 2 rings (SSSR count). The van der Waals surface area contributed by atoms with Crippen LogP contribution in [-0.4, -0.2) is 33.0 Å². The van der Waals surface area contributed by atoms with Gasteiger partial charge in [-0.15, -0.1) is 0 Å². The van der Waals surface area contributed by atoms with Crippen LogP contribution in [0.25, 0.3) is 0 Å². The Hall–Kier alpha value is -1.54. The van der Waals surface area contributed by atoms with E-state index < -0.39 is 29.1 Å². The van der Waals surface area contributed by atoms with Gasteiger partial charge < -0.3 is 4.74 Å². The topological polar surface area (TPSA) is 69.7 Å². The Labute approximate surface area is 191 Å². The maximum absolute atomic E-state index is 14.1. The van der Waals surface area contributed by atoms with Gasteiger partial charge in [-0.2, -0.15) is 8.42 Å². The fourth-order valence-electron chi connectivity index (χ4n) is 4.14. The molecule has 0 unspecified atom stereocenters. The predicted molar refractivity (Wildman–Crippen MR) is 119 cm³/mol. The smallest absolute Gasteiger partial charge is 0.306 e. The molecule has 0 radical (unpaired) electrons. The van der Waals surface area contributed by atoms with E-state index in [1.165, 1.54) is 12.1 Å². The molecule has 0 heterocycles. The van der Waals surface area contributed by atoms with Crippen molar-refractivity contribution in [3.8, 4) is 0 Å². The number of esters is 1. The summed E-state index contributed by atoms with van der Waals surface area (Å²) in [6.07, 6.45) is 2.76. The van der Waals surface area contributed by atoms with Gasteiger partial charge in [0, 0.05) is 12.8 Å². The number of carbonyl (C=O) groups is 1. The van der Waals surface area contributed by atoms with Crippen molar-refractivity contribution in [3.63, 3.8) is 0 Å². The molecule has 1 aliphatic rings. The Kier molecular flexibility index (Phi) is 9.64. The molecule has 0 bridgehead atoms. The van der Waals surface area contributed by atoms with E-state index in [-0.39, 0.29) is 36.2 Å². The van der Waals surface area contributed by atoms with Crippen molar-refractivity contribution in [3.05, 3.63) is 29.8 Å². The molecular formula is C24H36F2O5S. The molecule has 0 N–H and O–H groups in total. The Balaban J connectivity index is 1.73. The summed E-state index contributed by atoms with van der Waals surface area (Å²) < 4.78 is 62.6. The SMILES string of the molecule is Cc1ccc(S(=O)(=O)OCC(F)(F)CCCCC(=O)O[C@@H]2C[C@H](C)CC[C@H]2C(C)C)cc1. The number of unbranched alkanes of at least 4 members (excludes halogenated alkanes) is 1. The zero-order chi connectivity index (χ0) is 23.9. The molecule has 1 aromatic rings. The first-order chi connectivity index (χ1) is 14.9. The molecule has 8 heteroatoms. The van der Waals surface area contributed by atoms with Crippen molar-refractivity contribution < 1.29 is 30.9 Å². The number of carbonyl (C=O) groups excluding carboxylic acids is 1. The molecule has 182 valence electrons. The number of hydrogen-bond donors (Lipinski definition) is 0. The van der Waals surface area contributed by atoms with E-state index in [0.29, 0.717) is 17.8 Å². The number of alkyl halides is 2. The number of aryl methyl sites for hydroxylation is 1. The van der Waals surface area contributed by atoms with Crippen LogP contribution in [0.1, 0.15) is 71.3 Å². The second-order valence-corrected chi connectivity index (χ2v) is 11.1. The number of rotatable bonds is 11. The molecule has 0 aromatic heterocycles. The molecule has 0 spiro atoms. The molecule has 1 aliphatic carbocycles. The fourth-order valence-corrected chi connectivity index (χ4v) is 5.07. The molecule has 32 heavy (non-hydrogen) atoms. The summed E-state index contributed by atoms with van der Waals surface area (Å²) in [6, 6.07) is 5.80. The van der Waals surface area contributed by atoms with Gasteiger partial charge in [0.05, 0.1) is 4.90 Å². The van der Waals surface area contributed by atoms with E-state index in [2.05, 4.69) is 25.0 Å². The highest BCUT2D eigenvalue weighted by Gasteiger charge is 2.34. The quantitative estimate of drug-likeness (QED) is 0.227. The summed E-state index contributed by atoms with van der Waals surface area (Å²) in [7, 11) is -4.24. The van der Waals surface area contributed by atoms with E-state index in [4.69, 9.17) is 4.74 Å². The van der Waals surface area contributed by atoms with Gasteiger partial charge in [0.2, 0.25) is 0 Å². The van der Waals surface area contributed by atoms with Crippen LogP contribution in [-0.2, 0) is 23.8 Å². The first-order valence-electron chi connectivity index (χ1n) is 11.4. The highest BCUT2D eigenvalue weighted by Crippen LogP contribution is 2.35. The third-order valence-electron chi connectivity index (χ3n) is 6.15. The minimum absolute atomic E-state index is 0.0741. The highest BCUT2D eigenvalue weighted by molar-refractivity contribution is 7.86. The maximum Gasteiger partial charge on any atom is 0.306 e. The van der Waals surface area contributed by atoms with Crippen LogP contribution in [0.3, 0.4) is 0 Å². The Morgan fingerprint density at radius 1 is 1.16 bits per heavy atom.